The van der Waals surface area contributed by atoms with E-state index in [9.17, 15) is 9.90 Å². The summed E-state index contributed by atoms with van der Waals surface area (Å²) in [6, 6.07) is 7.91. The molecule has 0 aliphatic rings. The first kappa shape index (κ1) is 23.1. The number of aromatic amines is 1. The Morgan fingerprint density at radius 2 is 2.03 bits per heavy atom. The highest BCUT2D eigenvalue weighted by atomic mass is 16.3. The molecule has 0 spiro atoms. The number of H-pyrrole nitrogens is 1. The number of tetrazole rings is 1. The quantitative estimate of drug-likeness (QED) is 0.516. The lowest BCUT2D eigenvalue weighted by molar-refractivity contribution is 0.144. The molecular weight excluding hydrogens is 392 g/mol. The van der Waals surface area contributed by atoms with Gasteiger partial charge in [-0.3, -0.25) is 9.69 Å². The van der Waals surface area contributed by atoms with E-state index in [1.54, 1.807) is 0 Å². The van der Waals surface area contributed by atoms with E-state index in [0.717, 1.165) is 35.1 Å². The number of benzene rings is 1. The number of aromatic nitrogens is 5. The molecule has 2 N–H and O–H groups in total. The minimum Gasteiger partial charge on any atom is -0.396 e. The predicted octanol–water partition coefficient (Wildman–Crippen LogP) is 3.30. The zero-order valence-electron chi connectivity index (χ0n) is 19.2. The second kappa shape index (κ2) is 9.70. The second-order valence-electron chi connectivity index (χ2n) is 8.80. The molecule has 168 valence electrons. The molecule has 0 radical (unpaired) electrons. The van der Waals surface area contributed by atoms with Crippen molar-refractivity contribution in [3.8, 4) is 0 Å². The van der Waals surface area contributed by atoms with Crippen molar-refractivity contribution >= 4 is 10.9 Å². The molecule has 1 aromatic carbocycles. The Morgan fingerprint density at radius 1 is 1.26 bits per heavy atom. The number of hydrogen-bond acceptors (Lipinski definition) is 6. The molecule has 3 rings (SSSR count). The van der Waals surface area contributed by atoms with Crippen LogP contribution in [0.5, 0.6) is 0 Å². The largest absolute Gasteiger partial charge is 0.396 e. The zero-order valence-corrected chi connectivity index (χ0v) is 19.2. The van der Waals surface area contributed by atoms with Gasteiger partial charge in [0.15, 0.2) is 5.82 Å². The smallest absolute Gasteiger partial charge is 0.252 e. The van der Waals surface area contributed by atoms with Gasteiger partial charge in [0.1, 0.15) is 0 Å². The maximum atomic E-state index is 12.8. The molecule has 2 aromatic heterocycles. The van der Waals surface area contributed by atoms with E-state index >= 15 is 0 Å². The van der Waals surface area contributed by atoms with Crippen LogP contribution >= 0.6 is 0 Å². The Balaban J connectivity index is 2.00. The molecule has 31 heavy (non-hydrogen) atoms. The number of fused-ring (bicyclic) bond motifs is 1. The van der Waals surface area contributed by atoms with Crippen LogP contribution in [0, 0.1) is 6.92 Å². The molecule has 2 heterocycles. The maximum absolute atomic E-state index is 12.8. The van der Waals surface area contributed by atoms with Crippen molar-refractivity contribution in [2.75, 3.05) is 13.2 Å². The van der Waals surface area contributed by atoms with Gasteiger partial charge < -0.3 is 10.1 Å². The average molecular weight is 427 g/mol. The number of rotatable bonds is 10. The molecule has 0 aliphatic heterocycles. The van der Waals surface area contributed by atoms with Crippen LogP contribution in [0.2, 0.25) is 0 Å². The summed E-state index contributed by atoms with van der Waals surface area (Å²) in [5.74, 6) is 0.792. The van der Waals surface area contributed by atoms with Crippen molar-refractivity contribution in [3.63, 3.8) is 0 Å². The Labute approximate surface area is 183 Å². The Morgan fingerprint density at radius 3 is 2.71 bits per heavy atom. The number of aryl methyl sites for hydroxylation is 1. The summed E-state index contributed by atoms with van der Waals surface area (Å²) in [4.78, 5) is 18.0. The van der Waals surface area contributed by atoms with Gasteiger partial charge in [-0.15, -0.1) is 5.10 Å². The Kier molecular flexibility index (Phi) is 7.23. The maximum Gasteiger partial charge on any atom is 0.252 e. The van der Waals surface area contributed by atoms with E-state index in [4.69, 9.17) is 0 Å². The van der Waals surface area contributed by atoms with Crippen molar-refractivity contribution in [2.45, 2.75) is 72.0 Å². The zero-order chi connectivity index (χ0) is 22.6. The summed E-state index contributed by atoms with van der Waals surface area (Å²) < 4.78 is 1.90. The number of nitrogens with one attached hydrogen (secondary N) is 1. The van der Waals surface area contributed by atoms with Gasteiger partial charge >= 0.3 is 0 Å². The number of aliphatic hydroxyl groups excluding tert-OH is 1. The normalized spacial score (nSPS) is 13.3. The number of hydrogen-bond donors (Lipinski definition) is 2. The summed E-state index contributed by atoms with van der Waals surface area (Å²) in [7, 11) is 0. The van der Waals surface area contributed by atoms with Crippen molar-refractivity contribution in [3.05, 3.63) is 51.6 Å². The highest BCUT2D eigenvalue weighted by molar-refractivity contribution is 5.79. The van der Waals surface area contributed by atoms with E-state index in [2.05, 4.69) is 59.2 Å². The van der Waals surface area contributed by atoms with Crippen LogP contribution in [0.4, 0.5) is 0 Å². The predicted molar refractivity (Wildman–Crippen MR) is 122 cm³/mol. The number of pyridine rings is 1. The molecule has 3 aromatic rings. The van der Waals surface area contributed by atoms with E-state index in [1.807, 2.05) is 29.8 Å². The molecule has 0 aliphatic carbocycles. The summed E-state index contributed by atoms with van der Waals surface area (Å²) >= 11 is 0. The van der Waals surface area contributed by atoms with Crippen molar-refractivity contribution in [2.24, 2.45) is 0 Å². The van der Waals surface area contributed by atoms with Crippen LogP contribution < -0.4 is 5.56 Å². The minimum absolute atomic E-state index is 0.0695. The van der Waals surface area contributed by atoms with Crippen LogP contribution in [0.3, 0.4) is 0 Å². The SMILES string of the molecule is CCC(c1nnnn1C(C)(C)CC)N(CCCO)Cc1cc2cc(C)ccc2[nH]c1=O. The highest BCUT2D eigenvalue weighted by Gasteiger charge is 2.30. The molecule has 0 saturated heterocycles. The number of nitrogens with zero attached hydrogens (tertiary/aromatic N) is 5. The fourth-order valence-electron chi connectivity index (χ4n) is 3.91. The van der Waals surface area contributed by atoms with Gasteiger partial charge in [0.05, 0.1) is 11.6 Å². The first-order valence-corrected chi connectivity index (χ1v) is 11.1. The summed E-state index contributed by atoms with van der Waals surface area (Å²) in [6.07, 6.45) is 2.29. The standard InChI is InChI=1S/C23H34N6O2/c1-6-20(21-25-26-27-29(21)23(4,5)7-2)28(11-8-12-30)15-18-14-17-13-16(3)9-10-19(17)24-22(18)31/h9-10,13-14,20,30H,6-8,11-12,15H2,1-5H3,(H,24,31). The van der Waals surface area contributed by atoms with Gasteiger partial charge in [0, 0.05) is 30.8 Å². The minimum atomic E-state index is -0.215. The van der Waals surface area contributed by atoms with Crippen molar-refractivity contribution in [1.29, 1.82) is 0 Å². The van der Waals surface area contributed by atoms with Gasteiger partial charge in [-0.05, 0) is 74.0 Å². The summed E-state index contributed by atoms with van der Waals surface area (Å²) in [5, 5.41) is 23.1. The summed E-state index contributed by atoms with van der Waals surface area (Å²) in [6.45, 7) is 11.7. The van der Waals surface area contributed by atoms with Crippen LogP contribution in [0.1, 0.15) is 70.0 Å². The molecule has 0 saturated carbocycles. The molecular formula is C23H34N6O2. The Hall–Kier alpha value is -2.58. The Bertz CT molecular complexity index is 1070. The van der Waals surface area contributed by atoms with Gasteiger partial charge in [-0.2, -0.15) is 0 Å². The third-order valence-electron chi connectivity index (χ3n) is 6.11. The molecule has 0 amide bonds. The van der Waals surface area contributed by atoms with E-state index in [-0.39, 0.29) is 23.7 Å². The first-order chi connectivity index (χ1) is 14.8. The molecule has 1 unspecified atom stereocenters. The van der Waals surface area contributed by atoms with Gasteiger partial charge in [-0.1, -0.05) is 25.5 Å². The van der Waals surface area contributed by atoms with Gasteiger partial charge in [0.25, 0.3) is 5.56 Å². The van der Waals surface area contributed by atoms with Crippen molar-refractivity contribution < 1.29 is 5.11 Å². The lowest BCUT2D eigenvalue weighted by Crippen LogP contribution is -2.37. The monoisotopic (exact) mass is 426 g/mol. The van der Waals surface area contributed by atoms with Gasteiger partial charge in [-0.25, -0.2) is 4.68 Å². The van der Waals surface area contributed by atoms with Gasteiger partial charge in [0.2, 0.25) is 0 Å². The topological polar surface area (TPSA) is 99.9 Å². The van der Waals surface area contributed by atoms with Crippen molar-refractivity contribution in [1.82, 2.24) is 30.1 Å². The first-order valence-electron chi connectivity index (χ1n) is 11.1. The lowest BCUT2D eigenvalue weighted by Gasteiger charge is -2.33. The third-order valence-corrected chi connectivity index (χ3v) is 6.11. The molecule has 0 fully saturated rings. The molecule has 8 heteroatoms. The molecule has 0 bridgehead atoms. The summed E-state index contributed by atoms with van der Waals surface area (Å²) in [5.41, 5.74) is 2.38. The lowest BCUT2D eigenvalue weighted by atomic mass is 10.0. The van der Waals surface area contributed by atoms with Crippen LogP contribution in [-0.2, 0) is 12.1 Å². The van der Waals surface area contributed by atoms with Crippen LogP contribution in [0.25, 0.3) is 10.9 Å². The van der Waals surface area contributed by atoms with E-state index < -0.39 is 0 Å². The number of aliphatic hydroxyl groups is 1. The van der Waals surface area contributed by atoms with E-state index in [1.165, 1.54) is 0 Å². The molecule has 8 nitrogen and oxygen atoms in total. The van der Waals surface area contributed by atoms with Crippen LogP contribution in [0.15, 0.2) is 29.1 Å². The highest BCUT2D eigenvalue weighted by Crippen LogP contribution is 2.29. The fraction of sp³-hybridized carbons (Fsp3) is 0.565. The second-order valence-corrected chi connectivity index (χ2v) is 8.80. The average Bonchev–Trinajstić information content (AvgIpc) is 3.23. The van der Waals surface area contributed by atoms with E-state index in [0.29, 0.717) is 25.1 Å². The molecule has 1 atom stereocenters. The van der Waals surface area contributed by atoms with Crippen LogP contribution in [-0.4, -0.2) is 48.3 Å². The third kappa shape index (κ3) is 5.02. The fourth-order valence-corrected chi connectivity index (χ4v) is 3.91.